The van der Waals surface area contributed by atoms with Crippen molar-refractivity contribution in [3.8, 4) is 17.9 Å². The first kappa shape index (κ1) is 20.1. The number of nitrogens with zero attached hydrogens (tertiary/aromatic N) is 3. The number of fused-ring (bicyclic) bond motifs is 2. The van der Waals surface area contributed by atoms with E-state index in [1.54, 1.807) is 13.1 Å². The molecule has 0 bridgehead atoms. The van der Waals surface area contributed by atoms with Gasteiger partial charge in [-0.2, -0.15) is 10.5 Å². The lowest BCUT2D eigenvalue weighted by atomic mass is 9.57. The van der Waals surface area contributed by atoms with E-state index in [9.17, 15) is 20.7 Å². The maximum Gasteiger partial charge on any atom is 0.189 e. The molecule has 29 heavy (non-hydrogen) atoms. The normalized spacial score (nSPS) is 36.3. The van der Waals surface area contributed by atoms with Gasteiger partial charge in [0.25, 0.3) is 0 Å². The lowest BCUT2D eigenvalue weighted by Crippen LogP contribution is -3.28. The van der Waals surface area contributed by atoms with Gasteiger partial charge in [0.2, 0.25) is 0 Å². The molecule has 3 N–H and O–H groups in total. The van der Waals surface area contributed by atoms with Crippen LogP contribution in [0.5, 0.6) is 5.75 Å². The number of likely N-dealkylation sites (tertiary alicyclic amines) is 1. The summed E-state index contributed by atoms with van der Waals surface area (Å²) in [6.45, 7) is 1.92. The van der Waals surface area contributed by atoms with Gasteiger partial charge in [-0.25, -0.2) is 0 Å². The number of aliphatic hydroxyl groups excluding tert-OH is 1. The van der Waals surface area contributed by atoms with E-state index < -0.39 is 11.1 Å². The first-order chi connectivity index (χ1) is 14.0. The molecule has 6 nitrogen and oxygen atoms in total. The number of pyridine rings is 1. The van der Waals surface area contributed by atoms with Crippen LogP contribution in [0, 0.1) is 41.4 Å². The second kappa shape index (κ2) is 7.59. The van der Waals surface area contributed by atoms with Gasteiger partial charge < -0.3 is 10.2 Å². The van der Waals surface area contributed by atoms with Gasteiger partial charge in [-0.15, -0.1) is 0 Å². The molecule has 3 aliphatic rings. The molecular weight excluding hydrogens is 364 g/mol. The predicted molar refractivity (Wildman–Crippen MR) is 106 cm³/mol. The predicted octanol–water partition coefficient (Wildman–Crippen LogP) is 2.28. The Morgan fingerprint density at radius 3 is 2.21 bits per heavy atom. The number of hydrogen-bond acceptors (Lipinski definition) is 5. The van der Waals surface area contributed by atoms with Crippen molar-refractivity contribution in [2.24, 2.45) is 11.8 Å². The molecule has 5 atom stereocenters. The van der Waals surface area contributed by atoms with Crippen LogP contribution < -0.4 is 4.90 Å². The zero-order valence-corrected chi connectivity index (χ0v) is 17.2. The Balaban J connectivity index is 1.87. The van der Waals surface area contributed by atoms with Gasteiger partial charge in [-0.3, -0.25) is 9.88 Å². The molecule has 1 saturated heterocycles. The molecule has 2 heterocycles. The number of piperidine rings is 1. The van der Waals surface area contributed by atoms with Crippen molar-refractivity contribution >= 4 is 0 Å². The van der Waals surface area contributed by atoms with E-state index in [4.69, 9.17) is 0 Å². The first-order valence-corrected chi connectivity index (χ1v) is 11.0. The van der Waals surface area contributed by atoms with Gasteiger partial charge in [-0.05, 0) is 39.0 Å². The summed E-state index contributed by atoms with van der Waals surface area (Å²) in [7, 11) is 0. The van der Waals surface area contributed by atoms with Gasteiger partial charge in [0.1, 0.15) is 24.4 Å². The van der Waals surface area contributed by atoms with Gasteiger partial charge in [-0.1, -0.05) is 12.8 Å². The Labute approximate surface area is 172 Å². The van der Waals surface area contributed by atoms with Crippen molar-refractivity contribution in [2.45, 2.75) is 88.9 Å². The number of hydrogen-bond donors (Lipinski definition) is 3. The SMILES string of the molecule is Cc1ncc(CO)c(C[NH+]2[C@@]3(C#N)CCCC[C@@H]3C[C@@H]3CCCC[C@]32C#N)c1O. The summed E-state index contributed by atoms with van der Waals surface area (Å²) in [4.78, 5) is 5.21. The average Bonchev–Trinajstić information content (AvgIpc) is 2.76. The number of aryl methyl sites for hydroxylation is 1. The molecule has 0 spiro atoms. The average molecular weight is 396 g/mol. The van der Waals surface area contributed by atoms with E-state index in [1.165, 1.54) is 0 Å². The molecule has 2 aliphatic carbocycles. The van der Waals surface area contributed by atoms with E-state index in [2.05, 4.69) is 17.1 Å². The van der Waals surface area contributed by atoms with E-state index in [0.717, 1.165) is 62.7 Å². The standard InChI is InChI=1S/C23H30N4O2/c1-16-21(29)20(17(13-28)11-26-16)12-27-22(14-24)8-4-2-6-18(22)10-19-7-3-5-9-23(19,27)15-25/h11,18-19,28-29H,2-10,12-13H2,1H3/p+1/t18-,19+,22-,23+. The molecule has 1 aromatic heterocycles. The van der Waals surface area contributed by atoms with Crippen molar-refractivity contribution in [3.63, 3.8) is 0 Å². The van der Waals surface area contributed by atoms with Crippen LogP contribution in [0.4, 0.5) is 0 Å². The van der Waals surface area contributed by atoms with Crippen molar-refractivity contribution in [1.29, 1.82) is 10.5 Å². The summed E-state index contributed by atoms with van der Waals surface area (Å²) in [5, 5.41) is 41.6. The number of aromatic nitrogens is 1. The third-order valence-corrected chi connectivity index (χ3v) is 8.14. The number of quaternary nitrogens is 1. The Bertz CT molecular complexity index is 833. The van der Waals surface area contributed by atoms with Crippen LogP contribution in [0.1, 0.15) is 74.6 Å². The largest absolute Gasteiger partial charge is 0.506 e. The molecule has 0 aromatic carbocycles. The number of nitrogens with one attached hydrogen (secondary N) is 1. The smallest absolute Gasteiger partial charge is 0.189 e. The number of aromatic hydroxyl groups is 1. The van der Waals surface area contributed by atoms with Crippen molar-refractivity contribution in [3.05, 3.63) is 23.0 Å². The van der Waals surface area contributed by atoms with E-state index in [0.29, 0.717) is 35.2 Å². The van der Waals surface area contributed by atoms with Crippen LogP contribution in [-0.2, 0) is 13.2 Å². The minimum atomic E-state index is -0.599. The fourth-order valence-corrected chi connectivity index (χ4v) is 6.60. The van der Waals surface area contributed by atoms with Crippen LogP contribution in [0.15, 0.2) is 6.20 Å². The summed E-state index contributed by atoms with van der Waals surface area (Å²) < 4.78 is 0. The molecule has 3 fully saturated rings. The van der Waals surface area contributed by atoms with Gasteiger partial charge >= 0.3 is 0 Å². The van der Waals surface area contributed by atoms with Crippen molar-refractivity contribution < 1.29 is 15.1 Å². The second-order valence-corrected chi connectivity index (χ2v) is 9.30. The van der Waals surface area contributed by atoms with Crippen LogP contribution in [0.2, 0.25) is 0 Å². The van der Waals surface area contributed by atoms with Gasteiger partial charge in [0.15, 0.2) is 11.1 Å². The molecule has 6 heteroatoms. The van der Waals surface area contributed by atoms with Crippen LogP contribution in [0.25, 0.3) is 0 Å². The minimum Gasteiger partial charge on any atom is -0.506 e. The van der Waals surface area contributed by atoms with Crippen molar-refractivity contribution in [1.82, 2.24) is 4.98 Å². The number of rotatable bonds is 3. The van der Waals surface area contributed by atoms with Gasteiger partial charge in [0, 0.05) is 36.4 Å². The molecule has 0 radical (unpaired) electrons. The Hall–Kier alpha value is -2.15. The summed E-state index contributed by atoms with van der Waals surface area (Å²) in [6.07, 6.45) is 10.6. The van der Waals surface area contributed by atoms with Crippen LogP contribution in [-0.4, -0.2) is 26.3 Å². The van der Waals surface area contributed by atoms with E-state index in [1.807, 2.05) is 0 Å². The summed E-state index contributed by atoms with van der Waals surface area (Å²) in [5.74, 6) is 0.683. The lowest BCUT2D eigenvalue weighted by molar-refractivity contribution is -1.01. The quantitative estimate of drug-likeness (QED) is 0.728. The fourth-order valence-electron chi connectivity index (χ4n) is 6.60. The van der Waals surface area contributed by atoms with E-state index >= 15 is 0 Å². The number of aliphatic hydroxyl groups is 1. The second-order valence-electron chi connectivity index (χ2n) is 9.30. The van der Waals surface area contributed by atoms with Crippen LogP contribution >= 0.6 is 0 Å². The summed E-state index contributed by atoms with van der Waals surface area (Å²) >= 11 is 0. The molecule has 1 aliphatic heterocycles. The molecular formula is C23H31N4O2+. The summed E-state index contributed by atoms with van der Waals surface area (Å²) in [5.41, 5.74) is 0.559. The van der Waals surface area contributed by atoms with Crippen molar-refractivity contribution in [2.75, 3.05) is 0 Å². The fraction of sp³-hybridized carbons (Fsp3) is 0.696. The Kier molecular flexibility index (Phi) is 5.27. The highest BCUT2D eigenvalue weighted by Gasteiger charge is 2.65. The number of nitriles is 2. The maximum atomic E-state index is 10.8. The molecule has 1 aromatic rings. The highest BCUT2D eigenvalue weighted by atomic mass is 16.3. The third-order valence-electron chi connectivity index (χ3n) is 8.14. The molecule has 154 valence electrons. The highest BCUT2D eigenvalue weighted by Crippen LogP contribution is 2.47. The van der Waals surface area contributed by atoms with Crippen LogP contribution in [0.3, 0.4) is 0 Å². The Morgan fingerprint density at radius 2 is 1.69 bits per heavy atom. The maximum absolute atomic E-state index is 10.8. The lowest BCUT2D eigenvalue weighted by Gasteiger charge is -2.58. The molecule has 1 unspecified atom stereocenters. The third kappa shape index (κ3) is 2.93. The zero-order valence-electron chi connectivity index (χ0n) is 17.2. The first-order valence-electron chi connectivity index (χ1n) is 11.0. The zero-order chi connectivity index (χ0) is 20.6. The molecule has 4 rings (SSSR count). The van der Waals surface area contributed by atoms with Gasteiger partial charge in [0.05, 0.1) is 17.9 Å². The topological polar surface area (TPSA) is 105 Å². The monoisotopic (exact) mass is 395 g/mol. The minimum absolute atomic E-state index is 0.0931. The Morgan fingerprint density at radius 1 is 1.10 bits per heavy atom. The summed E-state index contributed by atoms with van der Waals surface area (Å²) in [6, 6.07) is 5.41. The van der Waals surface area contributed by atoms with E-state index in [-0.39, 0.29) is 12.4 Å². The molecule has 0 amide bonds. The molecule has 2 saturated carbocycles. The highest BCUT2D eigenvalue weighted by molar-refractivity contribution is 5.40.